The summed E-state index contributed by atoms with van der Waals surface area (Å²) in [4.78, 5) is 4.86. The van der Waals surface area contributed by atoms with Crippen molar-refractivity contribution in [2.24, 2.45) is 0 Å². The zero-order valence-corrected chi connectivity index (χ0v) is 38.6. The van der Waals surface area contributed by atoms with Crippen molar-refractivity contribution in [1.82, 2.24) is 4.40 Å². The van der Waals surface area contributed by atoms with E-state index in [0.717, 1.165) is 116 Å². The van der Waals surface area contributed by atoms with Crippen LogP contribution in [-0.2, 0) is 10.8 Å². The van der Waals surface area contributed by atoms with Crippen LogP contribution in [0.4, 0.5) is 34.1 Å². The summed E-state index contributed by atoms with van der Waals surface area (Å²) in [5.74, 6) is 0. The molecule has 0 aliphatic heterocycles. The molecule has 0 bridgehead atoms. The molecule has 4 heterocycles. The Morgan fingerprint density at radius 1 is 0.343 bits per heavy atom. The summed E-state index contributed by atoms with van der Waals surface area (Å²) >= 11 is 0. The second-order valence-electron chi connectivity index (χ2n) is 20.2. The Kier molecular flexibility index (Phi) is 8.36. The van der Waals surface area contributed by atoms with Gasteiger partial charge in [-0.1, -0.05) is 157 Å². The summed E-state index contributed by atoms with van der Waals surface area (Å²) in [5.41, 5.74) is 15.6. The molecule has 0 unspecified atom stereocenters. The number of aromatic nitrogens is 1. The molecule has 67 heavy (non-hydrogen) atoms. The van der Waals surface area contributed by atoms with Crippen LogP contribution < -0.4 is 9.80 Å². The smallest absolute Gasteiger partial charge is 0.160 e. The fraction of sp³-hybridized carbons (Fsp3) is 0.129. The van der Waals surface area contributed by atoms with Gasteiger partial charge in [-0.25, -0.2) is 0 Å². The van der Waals surface area contributed by atoms with Crippen molar-refractivity contribution in [1.29, 1.82) is 0 Å². The zero-order valence-electron chi connectivity index (χ0n) is 38.6. The average Bonchev–Trinajstić information content (AvgIpc) is 4.10. The zero-order chi connectivity index (χ0) is 45.3. The van der Waals surface area contributed by atoms with Crippen LogP contribution in [0.15, 0.2) is 197 Å². The highest BCUT2D eigenvalue weighted by Gasteiger charge is 2.32. The third-order valence-electron chi connectivity index (χ3n) is 14.0. The van der Waals surface area contributed by atoms with E-state index in [0.29, 0.717) is 0 Å². The first-order valence-electron chi connectivity index (χ1n) is 23.3. The molecule has 0 radical (unpaired) electrons. The number of furan rings is 2. The lowest BCUT2D eigenvalue weighted by atomic mass is 9.87. The molecule has 9 aromatic carbocycles. The minimum atomic E-state index is 0.0129. The molecule has 0 aliphatic rings. The Hall–Kier alpha value is -8.02. The highest BCUT2D eigenvalue weighted by atomic mass is 16.3. The number of benzene rings is 9. The first-order chi connectivity index (χ1) is 32.5. The monoisotopic (exact) mass is 867 g/mol. The first-order valence-corrected chi connectivity index (χ1v) is 23.3. The number of rotatable bonds is 6. The van der Waals surface area contributed by atoms with Gasteiger partial charge in [-0.15, -0.1) is 0 Å². The van der Waals surface area contributed by atoms with Gasteiger partial charge < -0.3 is 23.0 Å². The lowest BCUT2D eigenvalue weighted by Gasteiger charge is -2.28. The van der Waals surface area contributed by atoms with Crippen LogP contribution in [-0.4, -0.2) is 4.40 Å². The molecule has 0 fully saturated rings. The lowest BCUT2D eigenvalue weighted by Crippen LogP contribution is -2.13. The van der Waals surface area contributed by atoms with Gasteiger partial charge in [0.25, 0.3) is 0 Å². The van der Waals surface area contributed by atoms with Gasteiger partial charge in [0.15, 0.2) is 11.2 Å². The highest BCUT2D eigenvalue weighted by Crippen LogP contribution is 2.54. The van der Waals surface area contributed by atoms with Gasteiger partial charge in [-0.05, 0) is 94.8 Å². The molecular weight excluding hydrogens is 819 g/mol. The number of anilines is 6. The van der Waals surface area contributed by atoms with Crippen LogP contribution in [0.1, 0.15) is 52.7 Å². The quantitative estimate of drug-likeness (QED) is 0.167. The molecule has 0 saturated heterocycles. The molecular formula is C62H49N3O2. The van der Waals surface area contributed by atoms with Gasteiger partial charge in [0.05, 0.1) is 16.9 Å². The van der Waals surface area contributed by atoms with Crippen molar-refractivity contribution in [3.05, 3.63) is 199 Å². The van der Waals surface area contributed by atoms with Crippen molar-refractivity contribution in [2.75, 3.05) is 9.80 Å². The number of hydrogen-bond donors (Lipinski definition) is 0. The minimum absolute atomic E-state index is 0.0129. The summed E-state index contributed by atoms with van der Waals surface area (Å²) in [7, 11) is 0. The summed E-state index contributed by atoms with van der Waals surface area (Å²) in [6.45, 7) is 13.6. The third kappa shape index (κ3) is 5.87. The number of hydrogen-bond acceptors (Lipinski definition) is 4. The largest absolute Gasteiger partial charge is 0.454 e. The van der Waals surface area contributed by atoms with E-state index in [1.807, 2.05) is 0 Å². The van der Waals surface area contributed by atoms with Crippen LogP contribution in [0.5, 0.6) is 0 Å². The van der Waals surface area contributed by atoms with Crippen molar-refractivity contribution < 1.29 is 8.83 Å². The summed E-state index contributed by atoms with van der Waals surface area (Å²) in [5, 5.41) is 8.78. The predicted molar refractivity (Wildman–Crippen MR) is 282 cm³/mol. The van der Waals surface area contributed by atoms with E-state index in [2.05, 4.69) is 244 Å². The maximum Gasteiger partial charge on any atom is 0.160 e. The second kappa shape index (κ2) is 14.2. The van der Waals surface area contributed by atoms with Crippen molar-refractivity contribution in [3.63, 3.8) is 0 Å². The SMILES string of the molecule is CC(C)(C)c1ccc(N(c2ccccc2)c2cc3c4ccccc4oc3c3c2c2cccc4c5c(N(c6ccccc6)c6ccc(C(C)(C)C)cc6)cc6c7ccccc7oc6c5n3c24)cc1. The Morgan fingerprint density at radius 3 is 1.10 bits per heavy atom. The van der Waals surface area contributed by atoms with Crippen LogP contribution in [0, 0.1) is 0 Å². The number of nitrogens with zero attached hydrogens (tertiary/aromatic N) is 3. The van der Waals surface area contributed by atoms with E-state index in [9.17, 15) is 0 Å². The van der Waals surface area contributed by atoms with Gasteiger partial charge in [0.2, 0.25) is 0 Å². The van der Waals surface area contributed by atoms with Gasteiger partial charge in [0, 0.05) is 65.8 Å². The normalized spacial score (nSPS) is 12.6. The average molecular weight is 868 g/mol. The van der Waals surface area contributed by atoms with E-state index in [4.69, 9.17) is 8.83 Å². The first kappa shape index (κ1) is 39.4. The molecule has 0 atom stereocenters. The minimum Gasteiger partial charge on any atom is -0.454 e. The molecule has 0 N–H and O–H groups in total. The molecule has 0 amide bonds. The Bertz CT molecular complexity index is 3770. The Morgan fingerprint density at radius 2 is 0.701 bits per heavy atom. The highest BCUT2D eigenvalue weighted by molar-refractivity contribution is 6.36. The second-order valence-corrected chi connectivity index (χ2v) is 20.2. The molecule has 324 valence electrons. The standard InChI is InChI=1S/C62H49N3O2/c1-61(2,3)38-28-32-42(33-29-38)63(40-18-9-7-10-19-40)50-36-48-44-22-13-15-26-52(44)66-59(48)57-54(50)46-24-17-25-47-55-51(37-49-45-23-14-16-27-53(45)67-60(49)58(55)65(57)56(46)47)64(41-20-11-8-12-21-41)43-34-30-39(31-35-43)62(4,5)6/h7-37H,1-6H3. The molecule has 13 rings (SSSR count). The van der Waals surface area contributed by atoms with Gasteiger partial charge in [-0.2, -0.15) is 0 Å². The van der Waals surface area contributed by atoms with Crippen LogP contribution >= 0.6 is 0 Å². The van der Waals surface area contributed by atoms with Crippen molar-refractivity contribution >= 4 is 116 Å². The van der Waals surface area contributed by atoms with E-state index in [1.165, 1.54) is 11.1 Å². The molecule has 0 saturated carbocycles. The number of para-hydroxylation sites is 5. The molecule has 4 aromatic heterocycles. The Labute approximate surface area is 389 Å². The topological polar surface area (TPSA) is 37.2 Å². The van der Waals surface area contributed by atoms with Gasteiger partial charge in [-0.3, -0.25) is 0 Å². The maximum absolute atomic E-state index is 7.12. The summed E-state index contributed by atoms with van der Waals surface area (Å²) in [6, 6.07) is 68.2. The van der Waals surface area contributed by atoms with E-state index in [-0.39, 0.29) is 10.8 Å². The third-order valence-corrected chi connectivity index (χ3v) is 14.0. The summed E-state index contributed by atoms with van der Waals surface area (Å²) in [6.07, 6.45) is 0. The van der Waals surface area contributed by atoms with E-state index < -0.39 is 0 Å². The fourth-order valence-electron chi connectivity index (χ4n) is 10.7. The van der Waals surface area contributed by atoms with Crippen LogP contribution in [0.3, 0.4) is 0 Å². The van der Waals surface area contributed by atoms with Crippen LogP contribution in [0.2, 0.25) is 0 Å². The van der Waals surface area contributed by atoms with Crippen molar-refractivity contribution in [2.45, 2.75) is 52.4 Å². The lowest BCUT2D eigenvalue weighted by molar-refractivity contribution is 0.590. The maximum atomic E-state index is 7.12. The predicted octanol–water partition coefficient (Wildman–Crippen LogP) is 18.2. The van der Waals surface area contributed by atoms with E-state index in [1.54, 1.807) is 0 Å². The number of fused-ring (bicyclic) bond motifs is 14. The van der Waals surface area contributed by atoms with Crippen molar-refractivity contribution in [3.8, 4) is 0 Å². The molecule has 5 nitrogen and oxygen atoms in total. The fourth-order valence-corrected chi connectivity index (χ4v) is 10.7. The molecule has 0 aliphatic carbocycles. The Balaban J connectivity index is 1.23. The van der Waals surface area contributed by atoms with E-state index >= 15 is 0 Å². The van der Waals surface area contributed by atoms with Gasteiger partial charge in [0.1, 0.15) is 22.2 Å². The summed E-state index contributed by atoms with van der Waals surface area (Å²) < 4.78 is 16.7. The molecule has 0 spiro atoms. The van der Waals surface area contributed by atoms with Crippen LogP contribution in [0.25, 0.3) is 82.0 Å². The molecule has 5 heteroatoms. The van der Waals surface area contributed by atoms with Gasteiger partial charge >= 0.3 is 0 Å². The molecule has 13 aromatic rings.